The summed E-state index contributed by atoms with van der Waals surface area (Å²) >= 11 is 2.49. The SMILES string of the molecule is C.C.CCS(=O)(=O)c1ccc([C@@H](CC=O)NC(=O)c2nc3cc4c(nc3s2)CC[C@H](C(C)(C)C)C4)cn1.CCS(=O)(=O)c1ccc([C@@H](CCO)NC(=O)c2nc3cc4c(nc3s2)CC[C@H](C(C)(C)C)C4)cn1.[2H]CP. The van der Waals surface area contributed by atoms with Crippen molar-refractivity contribution in [1.29, 1.82) is 0 Å². The van der Waals surface area contributed by atoms with Crippen molar-refractivity contribution in [3.63, 3.8) is 0 Å². The minimum Gasteiger partial charge on any atom is -0.396 e. The highest BCUT2D eigenvalue weighted by atomic mass is 32.2. The lowest BCUT2D eigenvalue weighted by Crippen LogP contribution is -2.29. The number of aromatic nitrogens is 6. The largest absolute Gasteiger partial charge is 0.396 e. The number of nitrogens with one attached hydrogen (secondary N) is 2. The maximum atomic E-state index is 13.1. The molecule has 74 heavy (non-hydrogen) atoms. The topological polar surface area (TPSA) is 241 Å². The number of nitrogens with zero attached hydrogens (tertiary/aromatic N) is 6. The van der Waals surface area contributed by atoms with Gasteiger partial charge in [0, 0.05) is 38.2 Å². The van der Waals surface area contributed by atoms with Crippen molar-refractivity contribution >= 4 is 90.4 Å². The molecule has 0 radical (unpaired) electrons. The Hall–Kier alpha value is -4.72. The van der Waals surface area contributed by atoms with Crippen LogP contribution in [0.15, 0.2) is 58.8 Å². The summed E-state index contributed by atoms with van der Waals surface area (Å²) in [6.07, 6.45) is 9.80. The van der Waals surface area contributed by atoms with Gasteiger partial charge in [-0.2, -0.15) is 0 Å². The third kappa shape index (κ3) is 14.8. The van der Waals surface area contributed by atoms with Crippen molar-refractivity contribution in [3.05, 3.63) is 92.4 Å². The number of fused-ring (bicyclic) bond motifs is 4. The molecule has 0 spiro atoms. The molecule has 0 aromatic carbocycles. The van der Waals surface area contributed by atoms with E-state index in [1.165, 1.54) is 58.3 Å². The highest BCUT2D eigenvalue weighted by Crippen LogP contribution is 2.40. The van der Waals surface area contributed by atoms with Crippen molar-refractivity contribution in [2.45, 2.75) is 144 Å². The Morgan fingerprint density at radius 3 is 1.50 bits per heavy atom. The van der Waals surface area contributed by atoms with E-state index in [-0.39, 0.29) is 77.6 Å². The molecule has 2 aliphatic carbocycles. The number of thiazole rings is 2. The van der Waals surface area contributed by atoms with Crippen LogP contribution in [0.4, 0.5) is 0 Å². The summed E-state index contributed by atoms with van der Waals surface area (Å²) in [7, 11) is -4.61. The minimum atomic E-state index is -3.44. The quantitative estimate of drug-likeness (QED) is 0.0680. The van der Waals surface area contributed by atoms with E-state index in [0.717, 1.165) is 65.1 Å². The summed E-state index contributed by atoms with van der Waals surface area (Å²) in [6.45, 7) is 17.0. The van der Waals surface area contributed by atoms with Crippen molar-refractivity contribution in [2.24, 2.45) is 22.7 Å². The first-order chi connectivity index (χ1) is 34.4. The molecule has 8 rings (SSSR count). The molecule has 16 nitrogen and oxygen atoms in total. The van der Waals surface area contributed by atoms with Crippen molar-refractivity contribution in [1.82, 2.24) is 40.5 Å². The van der Waals surface area contributed by atoms with E-state index in [4.69, 9.17) is 11.3 Å². The maximum Gasteiger partial charge on any atom is 0.280 e. The fraction of sp³-hybridized carbons (Fsp3) is 0.528. The van der Waals surface area contributed by atoms with E-state index in [1.807, 2.05) is 0 Å². The molecule has 404 valence electrons. The Morgan fingerprint density at radius 2 is 1.15 bits per heavy atom. The van der Waals surface area contributed by atoms with E-state index < -0.39 is 37.7 Å². The molecule has 6 heterocycles. The van der Waals surface area contributed by atoms with Gasteiger partial charge < -0.3 is 20.5 Å². The summed E-state index contributed by atoms with van der Waals surface area (Å²) < 4.78 is 54.3. The van der Waals surface area contributed by atoms with Gasteiger partial charge in [0.15, 0.2) is 39.7 Å². The average molecular weight is 1110 g/mol. The first-order valence-electron chi connectivity index (χ1n) is 24.8. The van der Waals surface area contributed by atoms with Crippen LogP contribution in [-0.2, 0) is 50.2 Å². The molecular weight excluding hydrogens is 1040 g/mol. The molecule has 21 heteroatoms. The minimum absolute atomic E-state index is 0. The lowest BCUT2D eigenvalue weighted by atomic mass is 9.71. The van der Waals surface area contributed by atoms with Crippen LogP contribution < -0.4 is 10.6 Å². The number of amides is 2. The predicted octanol–water partition coefficient (Wildman–Crippen LogP) is 9.74. The van der Waals surface area contributed by atoms with E-state index in [2.05, 4.69) is 93.5 Å². The van der Waals surface area contributed by atoms with Crippen molar-refractivity contribution < 1.29 is 37.7 Å². The van der Waals surface area contributed by atoms with Gasteiger partial charge in [-0.15, -0.1) is 9.24 Å². The Bertz CT molecular complexity index is 3140. The summed E-state index contributed by atoms with van der Waals surface area (Å²) in [5, 5.41) is 15.8. The fourth-order valence-electron chi connectivity index (χ4n) is 8.82. The van der Waals surface area contributed by atoms with Gasteiger partial charge in [0.25, 0.3) is 11.8 Å². The molecule has 3 N–H and O–H groups in total. The normalized spacial score (nSPS) is 16.5. The number of hydrogen-bond acceptors (Lipinski definition) is 16. The molecular formula is C53H75N8O8PS4. The lowest BCUT2D eigenvalue weighted by Gasteiger charge is -2.34. The fourth-order valence-corrected chi connectivity index (χ4v) is 12.1. The van der Waals surface area contributed by atoms with Crippen LogP contribution >= 0.6 is 31.9 Å². The summed E-state index contributed by atoms with van der Waals surface area (Å²) in [5.41, 5.74) is 7.64. The van der Waals surface area contributed by atoms with E-state index in [0.29, 0.717) is 46.4 Å². The van der Waals surface area contributed by atoms with Gasteiger partial charge in [-0.25, -0.2) is 46.7 Å². The molecule has 6 aromatic heterocycles. The number of aliphatic hydroxyl groups is 1. The van der Waals surface area contributed by atoms with E-state index in [1.54, 1.807) is 26.0 Å². The van der Waals surface area contributed by atoms with Crippen LogP contribution in [0.2, 0.25) is 0 Å². The number of rotatable bonds is 14. The highest BCUT2D eigenvalue weighted by Gasteiger charge is 2.32. The third-order valence-corrected chi connectivity index (χ3v) is 18.6. The summed E-state index contributed by atoms with van der Waals surface area (Å²) in [4.78, 5) is 65.6. The smallest absolute Gasteiger partial charge is 0.280 e. The monoisotopic (exact) mass is 1110 g/mol. The van der Waals surface area contributed by atoms with Crippen molar-refractivity contribution in [3.8, 4) is 0 Å². The summed E-state index contributed by atoms with van der Waals surface area (Å²) in [6, 6.07) is 8.98. The number of carbonyl (C=O) groups excluding carboxylic acids is 3. The van der Waals surface area contributed by atoms with Gasteiger partial charge in [0.05, 0.1) is 23.6 Å². The molecule has 0 fully saturated rings. The molecule has 0 bridgehead atoms. The number of hydrogen-bond donors (Lipinski definition) is 3. The lowest BCUT2D eigenvalue weighted by molar-refractivity contribution is -0.108. The first kappa shape index (κ1) is 60.1. The molecule has 2 amide bonds. The van der Waals surface area contributed by atoms with E-state index in [9.17, 15) is 36.3 Å². The molecule has 6 aromatic rings. The van der Waals surface area contributed by atoms with Crippen LogP contribution in [0.3, 0.4) is 0 Å². The maximum absolute atomic E-state index is 13.1. The van der Waals surface area contributed by atoms with E-state index >= 15 is 0 Å². The number of aliphatic hydroxyl groups excluding tert-OH is 1. The van der Waals surface area contributed by atoms with Crippen LogP contribution in [0.1, 0.15) is 163 Å². The Balaban J connectivity index is 0.000000301. The van der Waals surface area contributed by atoms with Gasteiger partial charge >= 0.3 is 0 Å². The van der Waals surface area contributed by atoms with Gasteiger partial charge in [0.2, 0.25) is 0 Å². The molecule has 5 atom stereocenters. The summed E-state index contributed by atoms with van der Waals surface area (Å²) in [5.74, 6) is 0.300. The Labute approximate surface area is 449 Å². The van der Waals surface area contributed by atoms with Gasteiger partial charge in [-0.1, -0.05) is 112 Å². The predicted molar refractivity (Wildman–Crippen MR) is 301 cm³/mol. The number of aryl methyl sites for hydroxylation is 2. The van der Waals surface area contributed by atoms with Crippen LogP contribution in [0.25, 0.3) is 20.7 Å². The Morgan fingerprint density at radius 1 is 0.743 bits per heavy atom. The first-order valence-corrected chi connectivity index (χ1v) is 29.8. The number of aldehydes is 1. The van der Waals surface area contributed by atoms with Gasteiger partial charge in [-0.3, -0.25) is 9.59 Å². The zero-order valence-corrected chi connectivity index (χ0v) is 46.6. The van der Waals surface area contributed by atoms with Gasteiger partial charge in [0.1, 0.15) is 27.0 Å². The average Bonchev–Trinajstić information content (AvgIpc) is 3.98. The zero-order chi connectivity index (χ0) is 53.5. The Kier molecular flexibility index (Phi) is 21.0. The number of sulfone groups is 2. The molecule has 0 saturated heterocycles. The van der Waals surface area contributed by atoms with Gasteiger partial charge in [-0.05, 0) is 114 Å². The third-order valence-electron chi connectivity index (χ3n) is 13.4. The van der Waals surface area contributed by atoms with Crippen LogP contribution in [0, 0.1) is 22.7 Å². The molecule has 0 saturated carbocycles. The zero-order valence-electron chi connectivity index (χ0n) is 43.2. The second-order valence-electron chi connectivity index (χ2n) is 20.1. The second-order valence-corrected chi connectivity index (χ2v) is 26.5. The number of carbonyl (C=O) groups is 3. The van der Waals surface area contributed by atoms with Crippen LogP contribution in [-0.4, -0.2) is 94.7 Å². The number of pyridine rings is 4. The highest BCUT2D eigenvalue weighted by molar-refractivity contribution is 7.91. The second kappa shape index (κ2) is 25.9. The molecule has 2 aliphatic rings. The molecule has 1 unspecified atom stereocenters. The standard InChI is InChI=1S/C25H32N4O4S2.C25H30N4O4S2.CH5P.2CH4/c2*1-5-35(32,33)21-9-6-15(14-26-21)19(10-11-30)27-22(31)24-29-20-13-16-12-17(25(2,3)4)7-8-18(16)28-23(20)34-24;1-2;;/h6,9,13-14,17,19,30H,5,7-8,10-12H2,1-4H3,(H,27,31);6,9,11,13-14,17,19H,5,7-8,10,12H2,1-4H3,(H,27,31);2H2,1H3;2*1H4/t2*17-,19+;;;/m00.../s1/i;;1D;;. The molecule has 0 aliphatic heterocycles. The van der Waals surface area contributed by atoms with Crippen molar-refractivity contribution in [2.75, 3.05) is 24.8 Å². The van der Waals surface area contributed by atoms with Crippen LogP contribution in [0.5, 0.6) is 0 Å².